The van der Waals surface area contributed by atoms with E-state index in [9.17, 15) is 0 Å². The Hall–Kier alpha value is -5.45. The van der Waals surface area contributed by atoms with Crippen LogP contribution in [0.3, 0.4) is 0 Å². The molecule has 6 nitrogen and oxygen atoms in total. The summed E-state index contributed by atoms with van der Waals surface area (Å²) in [5.41, 5.74) is 4.77. The average Bonchev–Trinajstić information content (AvgIpc) is 3.44. The SMILES string of the molecule is COc1cc(Oc2cccc(-c3cc(-c4cccc(Oc5ccccc5)c4)ccn3)c2)cc([N+]2=C=[N+](C)C=C2)c1. The molecule has 1 aromatic heterocycles. The van der Waals surface area contributed by atoms with Crippen molar-refractivity contribution in [3.05, 3.63) is 128 Å². The smallest absolute Gasteiger partial charge is 0.495 e. The molecule has 1 aliphatic heterocycles. The summed E-state index contributed by atoms with van der Waals surface area (Å²) in [4.78, 5) is 4.64. The minimum atomic E-state index is 0.660. The first-order valence-corrected chi connectivity index (χ1v) is 12.9. The molecule has 0 N–H and O–H groups in total. The molecule has 0 amide bonds. The maximum Gasteiger partial charge on any atom is 0.495 e. The Balaban J connectivity index is 1.26. The highest BCUT2D eigenvalue weighted by Crippen LogP contribution is 2.34. The van der Waals surface area contributed by atoms with Crippen LogP contribution in [0.5, 0.6) is 28.7 Å². The Morgan fingerprint density at radius 1 is 0.600 bits per heavy atom. The topological polar surface area (TPSA) is 46.6 Å². The second-order valence-electron chi connectivity index (χ2n) is 9.25. The highest BCUT2D eigenvalue weighted by Gasteiger charge is 2.19. The van der Waals surface area contributed by atoms with Gasteiger partial charge < -0.3 is 14.2 Å². The van der Waals surface area contributed by atoms with Crippen molar-refractivity contribution in [1.29, 1.82) is 0 Å². The predicted octanol–water partition coefficient (Wildman–Crippen LogP) is 7.95. The first kappa shape index (κ1) is 24.9. The highest BCUT2D eigenvalue weighted by molar-refractivity contribution is 5.72. The van der Waals surface area contributed by atoms with E-state index in [-0.39, 0.29) is 0 Å². The van der Waals surface area contributed by atoms with Gasteiger partial charge in [0.15, 0.2) is 7.05 Å². The van der Waals surface area contributed by atoms with E-state index in [0.717, 1.165) is 39.6 Å². The van der Waals surface area contributed by atoms with Gasteiger partial charge in [0.25, 0.3) is 6.20 Å². The van der Waals surface area contributed by atoms with Crippen LogP contribution in [-0.2, 0) is 0 Å². The zero-order valence-corrected chi connectivity index (χ0v) is 22.2. The molecular formula is C34H27N3O3+2. The van der Waals surface area contributed by atoms with E-state index in [1.165, 1.54) is 0 Å². The summed E-state index contributed by atoms with van der Waals surface area (Å²) in [5, 5.41) is 0. The number of aromatic nitrogens is 1. The van der Waals surface area contributed by atoms with Crippen LogP contribution in [0.4, 0.5) is 5.69 Å². The van der Waals surface area contributed by atoms with E-state index in [1.807, 2.05) is 132 Å². The molecule has 0 atom stereocenters. The van der Waals surface area contributed by atoms with Crippen LogP contribution in [0.2, 0.25) is 0 Å². The number of hydrogen-bond donors (Lipinski definition) is 0. The van der Waals surface area contributed by atoms with Gasteiger partial charge in [0.1, 0.15) is 28.7 Å². The van der Waals surface area contributed by atoms with Gasteiger partial charge in [-0.1, -0.05) is 51.6 Å². The number of hydrogen-bond acceptors (Lipinski definition) is 4. The molecule has 194 valence electrons. The Kier molecular flexibility index (Phi) is 6.91. The van der Waals surface area contributed by atoms with Crippen LogP contribution in [0.25, 0.3) is 22.4 Å². The number of para-hydroxylation sites is 1. The molecule has 4 aromatic carbocycles. The largest absolute Gasteiger partial charge is 0.496 e. The third-order valence-electron chi connectivity index (χ3n) is 6.36. The second-order valence-corrected chi connectivity index (χ2v) is 9.25. The second kappa shape index (κ2) is 11.1. The molecule has 0 saturated carbocycles. The molecule has 0 radical (unpaired) electrons. The Morgan fingerprint density at radius 3 is 2.02 bits per heavy atom. The van der Waals surface area contributed by atoms with Gasteiger partial charge in [0.2, 0.25) is 11.9 Å². The fourth-order valence-electron chi connectivity index (χ4n) is 4.41. The molecule has 0 bridgehead atoms. The highest BCUT2D eigenvalue weighted by atomic mass is 16.5. The number of pyridine rings is 1. The van der Waals surface area contributed by atoms with Crippen molar-refractivity contribution >= 4 is 11.7 Å². The first-order valence-electron chi connectivity index (χ1n) is 12.9. The van der Waals surface area contributed by atoms with Gasteiger partial charge in [-0.25, -0.2) is 0 Å². The van der Waals surface area contributed by atoms with E-state index >= 15 is 0 Å². The van der Waals surface area contributed by atoms with E-state index < -0.39 is 0 Å². The summed E-state index contributed by atoms with van der Waals surface area (Å²) in [6.07, 6.45) is 5.68. The molecule has 0 spiro atoms. The zero-order chi connectivity index (χ0) is 27.3. The molecule has 6 heteroatoms. The molecule has 0 aliphatic carbocycles. The van der Waals surface area contributed by atoms with Gasteiger partial charge >= 0.3 is 6.01 Å². The number of ether oxygens (including phenoxy) is 3. The summed E-state index contributed by atoms with van der Waals surface area (Å²) < 4.78 is 21.6. The lowest BCUT2D eigenvalue weighted by atomic mass is 10.0. The fourth-order valence-corrected chi connectivity index (χ4v) is 4.41. The lowest BCUT2D eigenvalue weighted by Crippen LogP contribution is -1.96. The van der Waals surface area contributed by atoms with Gasteiger partial charge in [0.05, 0.1) is 24.9 Å². The summed E-state index contributed by atoms with van der Waals surface area (Å²) in [6, 6.07) is 38.8. The molecule has 0 unspecified atom stereocenters. The minimum absolute atomic E-state index is 0.660. The van der Waals surface area contributed by atoms with Crippen molar-refractivity contribution in [3.8, 4) is 51.1 Å². The van der Waals surface area contributed by atoms with E-state index in [2.05, 4.69) is 23.1 Å². The molecule has 1 aliphatic rings. The van der Waals surface area contributed by atoms with Crippen molar-refractivity contribution in [2.75, 3.05) is 14.2 Å². The molecule has 40 heavy (non-hydrogen) atoms. The summed E-state index contributed by atoms with van der Waals surface area (Å²) in [7, 11) is 3.57. The normalized spacial score (nSPS) is 12.1. The van der Waals surface area contributed by atoms with Crippen LogP contribution in [0, 0.1) is 0 Å². The lowest BCUT2D eigenvalue weighted by Gasteiger charge is -2.11. The van der Waals surface area contributed by atoms with Crippen molar-refractivity contribution in [1.82, 2.24) is 4.98 Å². The van der Waals surface area contributed by atoms with Crippen molar-refractivity contribution < 1.29 is 23.4 Å². The van der Waals surface area contributed by atoms with Crippen LogP contribution in [0.1, 0.15) is 0 Å². The minimum Gasteiger partial charge on any atom is -0.496 e. The predicted molar refractivity (Wildman–Crippen MR) is 155 cm³/mol. The molecule has 0 saturated heterocycles. The van der Waals surface area contributed by atoms with E-state index in [0.29, 0.717) is 17.2 Å². The van der Waals surface area contributed by atoms with Gasteiger partial charge in [-0.3, -0.25) is 4.98 Å². The van der Waals surface area contributed by atoms with Crippen molar-refractivity contribution in [2.24, 2.45) is 0 Å². The van der Waals surface area contributed by atoms with Crippen LogP contribution in [0.15, 0.2) is 128 Å². The Bertz CT molecular complexity index is 1790. The third kappa shape index (κ3) is 5.68. The summed E-state index contributed by atoms with van der Waals surface area (Å²) in [5.74, 6) is 3.63. The first-order chi connectivity index (χ1) is 19.6. The molecule has 2 heterocycles. The molecular weight excluding hydrogens is 498 g/mol. The quantitative estimate of drug-likeness (QED) is 0.193. The number of rotatable bonds is 8. The van der Waals surface area contributed by atoms with Gasteiger partial charge in [-0.05, 0) is 59.7 Å². The summed E-state index contributed by atoms with van der Waals surface area (Å²) >= 11 is 0. The average molecular weight is 526 g/mol. The number of methoxy groups -OCH3 is 1. The maximum atomic E-state index is 6.28. The Morgan fingerprint density at radius 2 is 1.27 bits per heavy atom. The van der Waals surface area contributed by atoms with Crippen LogP contribution >= 0.6 is 0 Å². The van der Waals surface area contributed by atoms with Gasteiger partial charge in [0, 0.05) is 17.8 Å². The molecule has 5 aromatic rings. The number of nitrogens with zero attached hydrogens (tertiary/aromatic N) is 3. The summed E-state index contributed by atoms with van der Waals surface area (Å²) in [6.45, 7) is 0. The fraction of sp³-hybridized carbons (Fsp3) is 0.0588. The van der Waals surface area contributed by atoms with Crippen molar-refractivity contribution in [3.63, 3.8) is 0 Å². The van der Waals surface area contributed by atoms with E-state index in [1.54, 1.807) is 7.11 Å². The monoisotopic (exact) mass is 525 g/mol. The van der Waals surface area contributed by atoms with Crippen molar-refractivity contribution in [2.45, 2.75) is 0 Å². The lowest BCUT2D eigenvalue weighted by molar-refractivity contribution is -0.429. The van der Waals surface area contributed by atoms with E-state index in [4.69, 9.17) is 14.2 Å². The Labute approximate surface area is 233 Å². The molecule has 0 fully saturated rings. The molecule has 6 rings (SSSR count). The maximum absolute atomic E-state index is 6.28. The standard InChI is InChI=1S/C34H27N3O3/c1-36-16-17-37(24-36)28-21-32(38-2)23-33(22-28)40-31-13-7-9-27(19-31)34-20-26(14-15-35-34)25-8-6-12-30(18-25)39-29-10-4-3-5-11-29/h3-23H,1-2H3/q+2. The zero-order valence-electron chi connectivity index (χ0n) is 22.2. The number of benzene rings is 4. The van der Waals surface area contributed by atoms with Gasteiger partial charge in [-0.2, -0.15) is 0 Å². The van der Waals surface area contributed by atoms with Crippen LogP contribution < -0.4 is 14.2 Å². The van der Waals surface area contributed by atoms with Crippen LogP contribution in [-0.4, -0.2) is 34.3 Å². The van der Waals surface area contributed by atoms with Gasteiger partial charge in [-0.15, -0.1) is 0 Å². The third-order valence-corrected chi connectivity index (χ3v) is 6.36.